The smallest absolute Gasteiger partial charge is 0.212 e. The summed E-state index contributed by atoms with van der Waals surface area (Å²) in [6.45, 7) is 3.47. The summed E-state index contributed by atoms with van der Waals surface area (Å²) < 4.78 is 19.8. The van der Waals surface area contributed by atoms with Gasteiger partial charge in [-0.05, 0) is 32.0 Å². The maximum Gasteiger partial charge on any atom is 0.212 e. The first-order chi connectivity index (χ1) is 15.1. The topological polar surface area (TPSA) is 101 Å². The first-order valence-corrected chi connectivity index (χ1v) is 10.9. The van der Waals surface area contributed by atoms with Gasteiger partial charge in [-0.15, -0.1) is 0 Å². The molecule has 168 valence electrons. The number of nitrogens with zero attached hydrogens (tertiary/aromatic N) is 3. The van der Waals surface area contributed by atoms with Crippen LogP contribution in [0.4, 0.5) is 16.0 Å². The first kappa shape index (κ1) is 23.3. The molecule has 0 aromatic carbocycles. The molecule has 2 aromatic rings. The molecule has 3 N–H and O–H groups in total. The van der Waals surface area contributed by atoms with Crippen molar-refractivity contribution in [2.24, 2.45) is 0 Å². The highest BCUT2D eigenvalue weighted by atomic mass is 35.5. The van der Waals surface area contributed by atoms with E-state index in [2.05, 4.69) is 30.9 Å². The summed E-state index contributed by atoms with van der Waals surface area (Å²) in [4.78, 5) is 23.1. The van der Waals surface area contributed by atoms with E-state index < -0.39 is 5.67 Å². The first-order valence-electron chi connectivity index (χ1n) is 10.5. The Balaban J connectivity index is 0.000000391. The molecule has 2 aliphatic heterocycles. The largest absolute Gasteiger partial charge is 0.381 e. The van der Waals surface area contributed by atoms with Gasteiger partial charge in [-0.3, -0.25) is 9.78 Å². The number of ether oxygens (including phenoxy) is 1. The zero-order chi connectivity index (χ0) is 21.9. The lowest BCUT2D eigenvalue weighted by Gasteiger charge is -2.29. The lowest BCUT2D eigenvalue weighted by Crippen LogP contribution is -2.38. The molecule has 4 rings (SSSR count). The number of amides is 1. The standard InChI is InChI=1S/C16H17ClFN5O2.C5H11N/c17-12-6-20-14(22-10-24)5-11(12)13-7-19-8-15(23-13)21-9-16(18)1-3-25-4-2-16;1-2-4-6-5-3-1/h5-8,10H,1-4,9H2,(H,21,23)(H,20,22,24);6H,1-5H2. The van der Waals surface area contributed by atoms with Crippen LogP contribution in [0.25, 0.3) is 11.3 Å². The summed E-state index contributed by atoms with van der Waals surface area (Å²) in [7, 11) is 0. The van der Waals surface area contributed by atoms with Crippen molar-refractivity contribution in [3.63, 3.8) is 0 Å². The van der Waals surface area contributed by atoms with Crippen LogP contribution in [0.3, 0.4) is 0 Å². The Labute approximate surface area is 186 Å². The summed E-state index contributed by atoms with van der Waals surface area (Å²) in [5.74, 6) is 0.790. The van der Waals surface area contributed by atoms with Crippen molar-refractivity contribution in [2.75, 3.05) is 43.5 Å². The van der Waals surface area contributed by atoms with E-state index in [4.69, 9.17) is 16.3 Å². The number of rotatable bonds is 6. The number of halogens is 2. The van der Waals surface area contributed by atoms with E-state index in [1.807, 2.05) is 0 Å². The molecule has 8 nitrogen and oxygen atoms in total. The van der Waals surface area contributed by atoms with E-state index >= 15 is 0 Å². The summed E-state index contributed by atoms with van der Waals surface area (Å²) in [5.41, 5.74) is -0.255. The predicted molar refractivity (Wildman–Crippen MR) is 119 cm³/mol. The minimum absolute atomic E-state index is 0.135. The Morgan fingerprint density at radius 3 is 2.58 bits per heavy atom. The average Bonchev–Trinajstić information content (AvgIpc) is 2.81. The molecule has 4 heterocycles. The highest BCUT2D eigenvalue weighted by Gasteiger charge is 2.32. The van der Waals surface area contributed by atoms with Gasteiger partial charge < -0.3 is 20.7 Å². The van der Waals surface area contributed by atoms with Crippen molar-refractivity contribution in [2.45, 2.75) is 37.8 Å². The van der Waals surface area contributed by atoms with Gasteiger partial charge in [0.25, 0.3) is 0 Å². The number of anilines is 2. The number of nitrogens with one attached hydrogen (secondary N) is 3. The third-order valence-corrected chi connectivity index (χ3v) is 5.46. The zero-order valence-corrected chi connectivity index (χ0v) is 18.1. The van der Waals surface area contributed by atoms with Crippen LogP contribution in [0.2, 0.25) is 5.02 Å². The predicted octanol–water partition coefficient (Wildman–Crippen LogP) is 3.45. The van der Waals surface area contributed by atoms with Gasteiger partial charge in [0.1, 0.15) is 17.3 Å². The molecule has 10 heteroatoms. The fourth-order valence-electron chi connectivity index (χ4n) is 3.32. The van der Waals surface area contributed by atoms with E-state index in [0.717, 1.165) is 0 Å². The number of hydrogen-bond donors (Lipinski definition) is 3. The third kappa shape index (κ3) is 7.37. The molecule has 0 spiro atoms. The van der Waals surface area contributed by atoms with Crippen molar-refractivity contribution in [1.29, 1.82) is 0 Å². The molecular weight excluding hydrogens is 423 g/mol. The molecule has 0 radical (unpaired) electrons. The Morgan fingerprint density at radius 1 is 1.16 bits per heavy atom. The minimum atomic E-state index is -1.31. The fraction of sp³-hybridized carbons (Fsp3) is 0.524. The minimum Gasteiger partial charge on any atom is -0.381 e. The van der Waals surface area contributed by atoms with E-state index in [-0.39, 0.29) is 6.54 Å². The van der Waals surface area contributed by atoms with Gasteiger partial charge in [-0.2, -0.15) is 0 Å². The molecule has 0 bridgehead atoms. The average molecular weight is 451 g/mol. The lowest BCUT2D eigenvalue weighted by molar-refractivity contribution is -0.105. The van der Waals surface area contributed by atoms with Gasteiger partial charge in [0, 0.05) is 37.8 Å². The van der Waals surface area contributed by atoms with Crippen LogP contribution in [0.5, 0.6) is 0 Å². The Hall–Kier alpha value is -2.36. The van der Waals surface area contributed by atoms with Crippen molar-refractivity contribution in [3.05, 3.63) is 29.7 Å². The number of hydrogen-bond acceptors (Lipinski definition) is 7. The highest BCUT2D eigenvalue weighted by molar-refractivity contribution is 6.33. The van der Waals surface area contributed by atoms with Crippen LogP contribution in [0.15, 0.2) is 24.7 Å². The molecular formula is C21H28ClFN6O2. The fourth-order valence-corrected chi connectivity index (χ4v) is 3.52. The maximum absolute atomic E-state index is 14.6. The second kappa shape index (κ2) is 11.9. The molecule has 0 atom stereocenters. The molecule has 0 unspecified atom stereocenters. The molecule has 0 aliphatic carbocycles. The number of pyridine rings is 1. The monoisotopic (exact) mass is 450 g/mol. The van der Waals surface area contributed by atoms with Gasteiger partial charge in [0.05, 0.1) is 29.7 Å². The lowest BCUT2D eigenvalue weighted by atomic mass is 9.96. The Morgan fingerprint density at radius 2 is 1.94 bits per heavy atom. The summed E-state index contributed by atoms with van der Waals surface area (Å²) in [6, 6.07) is 1.60. The van der Waals surface area contributed by atoms with Gasteiger partial charge in [-0.1, -0.05) is 18.0 Å². The highest BCUT2D eigenvalue weighted by Crippen LogP contribution is 2.29. The number of aromatic nitrogens is 3. The van der Waals surface area contributed by atoms with Crippen molar-refractivity contribution in [1.82, 2.24) is 20.3 Å². The quantitative estimate of drug-likeness (QED) is 0.579. The molecule has 2 aromatic heterocycles. The summed E-state index contributed by atoms with van der Waals surface area (Å²) in [5, 5.41) is 9.10. The van der Waals surface area contributed by atoms with Crippen LogP contribution < -0.4 is 16.0 Å². The summed E-state index contributed by atoms with van der Waals surface area (Å²) >= 11 is 6.16. The van der Waals surface area contributed by atoms with Crippen LogP contribution in [0, 0.1) is 0 Å². The molecule has 1 amide bonds. The van der Waals surface area contributed by atoms with Gasteiger partial charge in [0.2, 0.25) is 6.41 Å². The maximum atomic E-state index is 14.6. The molecule has 2 aliphatic rings. The van der Waals surface area contributed by atoms with Crippen LogP contribution in [0.1, 0.15) is 32.1 Å². The molecule has 0 saturated carbocycles. The van der Waals surface area contributed by atoms with Crippen LogP contribution in [-0.2, 0) is 9.53 Å². The normalized spacial score (nSPS) is 17.7. The van der Waals surface area contributed by atoms with E-state index in [1.165, 1.54) is 50.9 Å². The second-order valence-corrected chi connectivity index (χ2v) is 7.94. The SMILES string of the molecule is C1CCNCC1.O=CNc1cc(-c2cncc(NCC3(F)CCOCC3)n2)c(Cl)cn1. The third-order valence-electron chi connectivity index (χ3n) is 5.15. The number of alkyl halides is 1. The van der Waals surface area contributed by atoms with Crippen LogP contribution in [-0.4, -0.2) is 59.9 Å². The molecule has 31 heavy (non-hydrogen) atoms. The van der Waals surface area contributed by atoms with Crippen molar-refractivity contribution < 1.29 is 13.9 Å². The Kier molecular flexibility index (Phi) is 8.93. The van der Waals surface area contributed by atoms with Crippen molar-refractivity contribution >= 4 is 29.6 Å². The number of piperidine rings is 1. The Bertz CT molecular complexity index is 835. The van der Waals surface area contributed by atoms with Crippen molar-refractivity contribution in [3.8, 4) is 11.3 Å². The zero-order valence-electron chi connectivity index (χ0n) is 17.4. The van der Waals surface area contributed by atoms with Gasteiger partial charge in [0.15, 0.2) is 0 Å². The second-order valence-electron chi connectivity index (χ2n) is 7.53. The number of carbonyl (C=O) groups is 1. The van der Waals surface area contributed by atoms with Gasteiger partial charge in [-0.25, -0.2) is 14.4 Å². The van der Waals surface area contributed by atoms with E-state index in [9.17, 15) is 9.18 Å². The molecule has 2 saturated heterocycles. The summed E-state index contributed by atoms with van der Waals surface area (Å²) in [6.07, 6.45) is 9.92. The van der Waals surface area contributed by atoms with E-state index in [0.29, 0.717) is 60.4 Å². The number of carbonyl (C=O) groups excluding carboxylic acids is 1. The van der Waals surface area contributed by atoms with E-state index in [1.54, 1.807) is 6.07 Å². The molecule has 2 fully saturated rings. The van der Waals surface area contributed by atoms with Gasteiger partial charge >= 0.3 is 0 Å². The van der Waals surface area contributed by atoms with Crippen LogP contribution >= 0.6 is 11.6 Å².